The van der Waals surface area contributed by atoms with Gasteiger partial charge < -0.3 is 5.32 Å². The summed E-state index contributed by atoms with van der Waals surface area (Å²) in [4.78, 5) is 26.1. The minimum absolute atomic E-state index is 0.0801. The second-order valence-corrected chi connectivity index (χ2v) is 4.71. The lowest BCUT2D eigenvalue weighted by Gasteiger charge is -1.99. The van der Waals surface area contributed by atoms with Crippen LogP contribution in [0.5, 0.6) is 0 Å². The molecule has 2 rings (SSSR count). The Balaban J connectivity index is 2.22. The molecule has 0 saturated carbocycles. The fraction of sp³-hybridized carbons (Fsp3) is 0.0833. The van der Waals surface area contributed by atoms with E-state index in [0.29, 0.717) is 0 Å². The van der Waals surface area contributed by atoms with Gasteiger partial charge in [-0.3, -0.25) is 9.59 Å². The summed E-state index contributed by atoms with van der Waals surface area (Å²) in [6.45, 7) is 1.29. The molecule has 0 bridgehead atoms. The quantitative estimate of drug-likeness (QED) is 0.802. The topological polar surface area (TPSA) is 58.5 Å². The van der Waals surface area contributed by atoms with E-state index < -0.39 is 17.5 Å². The molecule has 7 heteroatoms. The summed E-state index contributed by atoms with van der Waals surface area (Å²) in [7, 11) is 0. The molecule has 1 heterocycles. The van der Waals surface area contributed by atoms with Crippen molar-refractivity contribution in [3.8, 4) is 0 Å². The van der Waals surface area contributed by atoms with Gasteiger partial charge in [-0.25, -0.2) is 8.78 Å². The summed E-state index contributed by atoms with van der Waals surface area (Å²) in [5.41, 5.74) is 0.0801. The number of rotatable bonds is 1. The Morgan fingerprint density at radius 1 is 1.42 bits per heavy atom. The zero-order valence-electron chi connectivity index (χ0n) is 9.74. The number of halogens is 2. The van der Waals surface area contributed by atoms with Crippen molar-refractivity contribution in [3.05, 3.63) is 40.3 Å². The lowest BCUT2D eigenvalue weighted by molar-refractivity contribution is -0.117. The Labute approximate surface area is 111 Å². The van der Waals surface area contributed by atoms with Crippen LogP contribution < -0.4 is 5.32 Å². The molecule has 19 heavy (non-hydrogen) atoms. The average molecular weight is 282 g/mol. The molecule has 0 aromatic heterocycles. The predicted molar refractivity (Wildman–Crippen MR) is 68.2 cm³/mol. The number of hydrogen-bond acceptors (Lipinski definition) is 3. The van der Waals surface area contributed by atoms with Crippen molar-refractivity contribution in [2.75, 3.05) is 0 Å². The van der Waals surface area contributed by atoms with Crippen LogP contribution in [0.2, 0.25) is 0 Å². The number of nitrogens with zero attached hydrogens (tertiary/aromatic N) is 1. The van der Waals surface area contributed by atoms with Gasteiger partial charge in [0.1, 0.15) is 11.6 Å². The van der Waals surface area contributed by atoms with Crippen molar-refractivity contribution >= 4 is 34.8 Å². The molecule has 98 valence electrons. The Morgan fingerprint density at radius 3 is 2.79 bits per heavy atom. The first-order chi connectivity index (χ1) is 8.95. The zero-order chi connectivity index (χ0) is 14.0. The Morgan fingerprint density at radius 2 is 2.16 bits per heavy atom. The molecule has 1 aliphatic rings. The lowest BCUT2D eigenvalue weighted by atomic mass is 10.2. The van der Waals surface area contributed by atoms with Crippen LogP contribution in [-0.2, 0) is 9.59 Å². The number of thioether (sulfide) groups is 1. The molecule has 0 fully saturated rings. The first-order valence-electron chi connectivity index (χ1n) is 5.21. The standard InChI is InChI=1S/C12H8F2N2O2S/c1-6(17)15-12-16-11(18)10(19-12)4-7-2-3-8(13)5-9(7)14/h2-5H,1H3,(H,15,16,17,18)/b10-4+. The van der Waals surface area contributed by atoms with Gasteiger partial charge in [-0.2, -0.15) is 4.99 Å². The Kier molecular flexibility index (Phi) is 3.75. The van der Waals surface area contributed by atoms with Crippen LogP contribution in [-0.4, -0.2) is 17.0 Å². The van der Waals surface area contributed by atoms with Gasteiger partial charge in [-0.05, 0) is 30.0 Å². The van der Waals surface area contributed by atoms with Crippen molar-refractivity contribution in [3.63, 3.8) is 0 Å². The largest absolute Gasteiger partial charge is 0.305 e. The molecule has 1 aliphatic heterocycles. The van der Waals surface area contributed by atoms with Gasteiger partial charge in [0.15, 0.2) is 5.17 Å². The summed E-state index contributed by atoms with van der Waals surface area (Å²) < 4.78 is 26.2. The minimum atomic E-state index is -0.770. The minimum Gasteiger partial charge on any atom is -0.305 e. The molecule has 1 N–H and O–H groups in total. The smallest absolute Gasteiger partial charge is 0.286 e. The molecular formula is C12H8F2N2O2S. The molecule has 0 aliphatic carbocycles. The average Bonchev–Trinajstić information content (AvgIpc) is 2.62. The second-order valence-electron chi connectivity index (χ2n) is 3.68. The Bertz CT molecular complexity index is 626. The molecule has 0 radical (unpaired) electrons. The van der Waals surface area contributed by atoms with Crippen LogP contribution in [0.1, 0.15) is 12.5 Å². The third kappa shape index (κ3) is 3.25. The molecule has 1 aromatic rings. The van der Waals surface area contributed by atoms with Gasteiger partial charge in [0.05, 0.1) is 4.91 Å². The van der Waals surface area contributed by atoms with E-state index in [4.69, 9.17) is 0 Å². The van der Waals surface area contributed by atoms with Gasteiger partial charge in [-0.1, -0.05) is 0 Å². The summed E-state index contributed by atoms with van der Waals surface area (Å²) in [6.07, 6.45) is 1.26. The predicted octanol–water partition coefficient (Wildman–Crippen LogP) is 2.07. The molecule has 0 atom stereocenters. The third-order valence-electron chi connectivity index (χ3n) is 2.15. The van der Waals surface area contributed by atoms with Crippen molar-refractivity contribution in [2.24, 2.45) is 4.99 Å². The summed E-state index contributed by atoms with van der Waals surface area (Å²) in [6, 6.07) is 3.04. The first kappa shape index (κ1) is 13.4. The van der Waals surface area contributed by atoms with Gasteiger partial charge in [0, 0.05) is 18.6 Å². The first-order valence-corrected chi connectivity index (χ1v) is 6.02. The highest BCUT2D eigenvalue weighted by Gasteiger charge is 2.22. The van der Waals surface area contributed by atoms with Crippen molar-refractivity contribution in [1.82, 2.24) is 5.32 Å². The third-order valence-corrected chi connectivity index (χ3v) is 3.05. The molecule has 0 unspecified atom stereocenters. The van der Waals surface area contributed by atoms with Crippen LogP contribution in [0.25, 0.3) is 6.08 Å². The van der Waals surface area contributed by atoms with E-state index in [1.54, 1.807) is 0 Å². The highest BCUT2D eigenvalue weighted by molar-refractivity contribution is 8.18. The normalized spacial score (nSPS) is 16.7. The van der Waals surface area contributed by atoms with Gasteiger partial charge in [0.2, 0.25) is 5.91 Å². The van der Waals surface area contributed by atoms with Crippen LogP contribution in [0.15, 0.2) is 28.1 Å². The molecule has 4 nitrogen and oxygen atoms in total. The SMILES string of the molecule is CC(=O)NC1=NC(=O)/C(=C\c2ccc(F)cc2F)S1. The van der Waals surface area contributed by atoms with E-state index in [-0.39, 0.29) is 21.5 Å². The number of benzene rings is 1. The fourth-order valence-corrected chi connectivity index (χ4v) is 2.22. The van der Waals surface area contributed by atoms with Crippen LogP contribution in [0.4, 0.5) is 8.78 Å². The maximum Gasteiger partial charge on any atom is 0.286 e. The Hall–Kier alpha value is -2.02. The number of amides is 2. The molecule has 0 saturated heterocycles. The highest BCUT2D eigenvalue weighted by Crippen LogP contribution is 2.28. The number of amidine groups is 1. The van der Waals surface area contributed by atoms with Crippen LogP contribution in [0.3, 0.4) is 0 Å². The number of nitrogens with one attached hydrogen (secondary N) is 1. The molecule has 0 spiro atoms. The second kappa shape index (κ2) is 5.31. The van der Waals surface area contributed by atoms with Gasteiger partial charge in [-0.15, -0.1) is 0 Å². The highest BCUT2D eigenvalue weighted by atomic mass is 32.2. The number of carbonyl (C=O) groups is 2. The van der Waals surface area contributed by atoms with Crippen molar-refractivity contribution in [1.29, 1.82) is 0 Å². The summed E-state index contributed by atoms with van der Waals surface area (Å²) >= 11 is 0.924. The monoisotopic (exact) mass is 282 g/mol. The van der Waals surface area contributed by atoms with Crippen molar-refractivity contribution < 1.29 is 18.4 Å². The summed E-state index contributed by atoms with van der Waals surface area (Å²) in [5.74, 6) is -2.39. The van der Waals surface area contributed by atoms with Gasteiger partial charge in [0.25, 0.3) is 5.91 Å². The lowest BCUT2D eigenvalue weighted by Crippen LogP contribution is -2.23. The van der Waals surface area contributed by atoms with Crippen LogP contribution >= 0.6 is 11.8 Å². The van der Waals surface area contributed by atoms with Gasteiger partial charge >= 0.3 is 0 Å². The molecule has 2 amide bonds. The van der Waals surface area contributed by atoms with E-state index >= 15 is 0 Å². The fourth-order valence-electron chi connectivity index (χ4n) is 1.37. The van der Waals surface area contributed by atoms with E-state index in [1.807, 2.05) is 0 Å². The van der Waals surface area contributed by atoms with Crippen molar-refractivity contribution in [2.45, 2.75) is 6.92 Å². The maximum atomic E-state index is 13.4. The van der Waals surface area contributed by atoms with E-state index in [9.17, 15) is 18.4 Å². The van der Waals surface area contributed by atoms with Crippen LogP contribution in [0, 0.1) is 11.6 Å². The molecular weight excluding hydrogens is 274 g/mol. The number of hydrogen-bond donors (Lipinski definition) is 1. The zero-order valence-corrected chi connectivity index (χ0v) is 10.6. The van der Waals surface area contributed by atoms with E-state index in [0.717, 1.165) is 23.9 Å². The summed E-state index contributed by atoms with van der Waals surface area (Å²) in [5, 5.41) is 2.51. The van der Waals surface area contributed by atoms with E-state index in [2.05, 4.69) is 10.3 Å². The maximum absolute atomic E-state index is 13.4. The van der Waals surface area contributed by atoms with E-state index in [1.165, 1.54) is 19.1 Å². The number of carbonyl (C=O) groups excluding carboxylic acids is 2. The number of aliphatic imine (C=N–C) groups is 1. The molecule has 1 aromatic carbocycles.